The summed E-state index contributed by atoms with van der Waals surface area (Å²) >= 11 is 0. The zero-order valence-corrected chi connectivity index (χ0v) is 13.2. The van der Waals surface area contributed by atoms with Crippen LogP contribution in [0, 0.1) is 17.3 Å². The molecule has 2 aromatic heterocycles. The van der Waals surface area contributed by atoms with Crippen molar-refractivity contribution in [3.8, 4) is 0 Å². The van der Waals surface area contributed by atoms with Crippen molar-refractivity contribution in [2.75, 3.05) is 0 Å². The lowest BCUT2D eigenvalue weighted by Gasteiger charge is -2.15. The number of aromatic nitrogens is 1. The molecule has 4 rings (SSSR count). The van der Waals surface area contributed by atoms with Crippen LogP contribution in [-0.2, 0) is 0 Å². The average Bonchev–Trinajstić information content (AvgIpc) is 2.80. The number of amides is 1. The Kier molecular flexibility index (Phi) is 2.89. The third-order valence-electron chi connectivity index (χ3n) is 5.88. The van der Waals surface area contributed by atoms with Gasteiger partial charge in [0.15, 0.2) is 5.58 Å². The third-order valence-corrected chi connectivity index (χ3v) is 5.88. The highest BCUT2D eigenvalue weighted by Gasteiger charge is 2.63. The van der Waals surface area contributed by atoms with E-state index in [9.17, 15) is 9.59 Å². The van der Waals surface area contributed by atoms with Gasteiger partial charge in [-0.05, 0) is 36.5 Å². The maximum absolute atomic E-state index is 12.5. The molecule has 3 N–H and O–H groups in total. The van der Waals surface area contributed by atoms with Gasteiger partial charge >= 0.3 is 5.97 Å². The Labute approximate surface area is 133 Å². The summed E-state index contributed by atoms with van der Waals surface area (Å²) < 4.78 is 5.20. The lowest BCUT2D eigenvalue weighted by atomic mass is 9.90. The zero-order chi connectivity index (χ0) is 16.4. The Bertz CT molecular complexity index is 803. The minimum atomic E-state index is -1.08. The number of H-pyrrole nitrogens is 1. The Balaban J connectivity index is 1.51. The normalized spacial score (nSPS) is 29.0. The largest absolute Gasteiger partial charge is 0.477 e. The summed E-state index contributed by atoms with van der Waals surface area (Å²) in [6, 6.07) is 1.78. The van der Waals surface area contributed by atoms with E-state index in [4.69, 9.17) is 9.52 Å². The Morgan fingerprint density at radius 3 is 2.87 bits per heavy atom. The van der Waals surface area contributed by atoms with E-state index in [-0.39, 0.29) is 17.5 Å². The second-order valence-electron chi connectivity index (χ2n) is 7.19. The third kappa shape index (κ3) is 2.00. The number of hydrogen-bond acceptors (Lipinski definition) is 3. The molecule has 2 heterocycles. The van der Waals surface area contributed by atoms with Crippen LogP contribution in [0.5, 0.6) is 0 Å². The predicted molar refractivity (Wildman–Crippen MR) is 83.4 cm³/mol. The van der Waals surface area contributed by atoms with E-state index in [0.29, 0.717) is 34.0 Å². The van der Waals surface area contributed by atoms with Crippen molar-refractivity contribution in [2.45, 2.75) is 39.2 Å². The fraction of sp³-hybridized carbons (Fsp3) is 0.529. The van der Waals surface area contributed by atoms with Gasteiger partial charge in [0.1, 0.15) is 17.5 Å². The van der Waals surface area contributed by atoms with E-state index < -0.39 is 5.97 Å². The first-order valence-corrected chi connectivity index (χ1v) is 8.07. The summed E-state index contributed by atoms with van der Waals surface area (Å²) in [6.07, 6.45) is 4.58. The van der Waals surface area contributed by atoms with Gasteiger partial charge in [0.05, 0.1) is 5.52 Å². The monoisotopic (exact) mass is 316 g/mol. The summed E-state index contributed by atoms with van der Waals surface area (Å²) in [6.45, 7) is 4.52. The first-order chi connectivity index (χ1) is 10.9. The smallest absolute Gasteiger partial charge is 0.341 e. The Hall–Kier alpha value is -2.24. The summed E-state index contributed by atoms with van der Waals surface area (Å²) in [5, 5.41) is 12.2. The van der Waals surface area contributed by atoms with Gasteiger partial charge in [-0.15, -0.1) is 0 Å². The highest BCUT2D eigenvalue weighted by Crippen LogP contribution is 2.67. The molecular weight excluding hydrogens is 296 g/mol. The summed E-state index contributed by atoms with van der Waals surface area (Å²) in [5.41, 5.74) is 1.57. The first kappa shape index (κ1) is 14.4. The van der Waals surface area contributed by atoms with Crippen molar-refractivity contribution in [2.24, 2.45) is 17.3 Å². The molecule has 2 saturated carbocycles. The number of carbonyl (C=O) groups excluding carboxylic acids is 1. The molecular formula is C17H20N2O4. The Morgan fingerprint density at radius 1 is 1.48 bits per heavy atom. The second-order valence-corrected chi connectivity index (χ2v) is 7.19. The lowest BCUT2D eigenvalue weighted by Crippen LogP contribution is -2.35. The van der Waals surface area contributed by atoms with Gasteiger partial charge in [0.2, 0.25) is 0 Å². The molecule has 2 aliphatic rings. The van der Waals surface area contributed by atoms with E-state index in [2.05, 4.69) is 24.1 Å². The molecule has 1 amide bonds. The number of furan rings is 1. The van der Waals surface area contributed by atoms with Crippen LogP contribution in [0.25, 0.3) is 11.1 Å². The van der Waals surface area contributed by atoms with Gasteiger partial charge in [-0.3, -0.25) is 4.79 Å². The van der Waals surface area contributed by atoms with Crippen LogP contribution in [0.4, 0.5) is 0 Å². The molecule has 0 aromatic carbocycles. The van der Waals surface area contributed by atoms with Crippen LogP contribution in [0.15, 0.2) is 16.7 Å². The maximum atomic E-state index is 12.5. The highest BCUT2D eigenvalue weighted by molar-refractivity contribution is 6.04. The van der Waals surface area contributed by atoms with Gasteiger partial charge in [-0.25, -0.2) is 4.79 Å². The molecule has 2 fully saturated rings. The Morgan fingerprint density at radius 2 is 2.26 bits per heavy atom. The van der Waals surface area contributed by atoms with E-state index in [1.165, 1.54) is 19.1 Å². The van der Waals surface area contributed by atoms with E-state index >= 15 is 0 Å². The van der Waals surface area contributed by atoms with E-state index in [1.54, 1.807) is 6.07 Å². The van der Waals surface area contributed by atoms with Crippen LogP contribution in [-0.4, -0.2) is 28.0 Å². The van der Waals surface area contributed by atoms with Crippen LogP contribution >= 0.6 is 0 Å². The van der Waals surface area contributed by atoms with Gasteiger partial charge < -0.3 is 19.8 Å². The average molecular weight is 316 g/mol. The molecule has 2 aromatic rings. The quantitative estimate of drug-likeness (QED) is 0.808. The van der Waals surface area contributed by atoms with Crippen molar-refractivity contribution in [3.05, 3.63) is 23.6 Å². The topological polar surface area (TPSA) is 95.3 Å². The molecule has 0 radical (unpaired) electrons. The van der Waals surface area contributed by atoms with Crippen LogP contribution in [0.2, 0.25) is 0 Å². The molecule has 0 spiro atoms. The number of nitrogens with one attached hydrogen (secondary N) is 2. The number of carboxylic acid groups (broad SMARTS) is 1. The lowest BCUT2D eigenvalue weighted by molar-refractivity contribution is 0.0697. The number of hydrogen-bond donors (Lipinski definition) is 3. The number of carbonyl (C=O) groups is 2. The molecule has 0 unspecified atom stereocenters. The van der Waals surface area contributed by atoms with Crippen molar-refractivity contribution in [3.63, 3.8) is 0 Å². The number of carboxylic acids is 1. The molecule has 23 heavy (non-hydrogen) atoms. The summed E-state index contributed by atoms with van der Waals surface area (Å²) in [7, 11) is 0. The number of aromatic carboxylic acids is 1. The van der Waals surface area contributed by atoms with Gasteiger partial charge in [-0.1, -0.05) is 13.8 Å². The van der Waals surface area contributed by atoms with Crippen molar-refractivity contribution >= 4 is 23.0 Å². The first-order valence-electron chi connectivity index (χ1n) is 8.07. The van der Waals surface area contributed by atoms with Crippen LogP contribution in [0.3, 0.4) is 0 Å². The van der Waals surface area contributed by atoms with Crippen LogP contribution < -0.4 is 5.32 Å². The minimum Gasteiger partial charge on any atom is -0.477 e. The molecule has 122 valence electrons. The number of rotatable bonds is 4. The standard InChI is InChI=1S/C17H20N2O4/c1-8(2)17-4-3-11(10(17)6-17)19-15(20)12-5-13-14(18-12)9(7-23-13)16(21)22/h5,7-8,10-11,18H,3-4,6H2,1-2H3,(H,19,20)(H,21,22)/t10-,11-,17-/m0/s1. The van der Waals surface area contributed by atoms with Gasteiger partial charge in [-0.2, -0.15) is 0 Å². The maximum Gasteiger partial charge on any atom is 0.341 e. The zero-order valence-electron chi connectivity index (χ0n) is 13.2. The SMILES string of the molecule is CC(C)[C@@]12CC[C@H](NC(=O)c3cc4occ(C(=O)O)c4[nH]3)[C@@H]1C2. The fourth-order valence-corrected chi connectivity index (χ4v) is 4.37. The minimum absolute atomic E-state index is 0.0425. The molecule has 2 aliphatic carbocycles. The van der Waals surface area contributed by atoms with Crippen LogP contribution in [0.1, 0.15) is 54.0 Å². The van der Waals surface area contributed by atoms with Gasteiger partial charge in [0, 0.05) is 12.1 Å². The summed E-state index contributed by atoms with van der Waals surface area (Å²) in [4.78, 5) is 26.4. The molecule has 6 nitrogen and oxygen atoms in total. The van der Waals surface area contributed by atoms with Crippen molar-refractivity contribution in [1.82, 2.24) is 10.3 Å². The molecule has 0 saturated heterocycles. The second kappa shape index (κ2) is 4.63. The van der Waals surface area contributed by atoms with E-state index in [1.807, 2.05) is 0 Å². The van der Waals surface area contributed by atoms with Crippen molar-refractivity contribution in [1.29, 1.82) is 0 Å². The number of aromatic amines is 1. The van der Waals surface area contributed by atoms with E-state index in [0.717, 1.165) is 6.42 Å². The molecule has 6 heteroatoms. The van der Waals surface area contributed by atoms with Crippen molar-refractivity contribution < 1.29 is 19.1 Å². The highest BCUT2D eigenvalue weighted by atomic mass is 16.4. The fourth-order valence-electron chi connectivity index (χ4n) is 4.37. The molecule has 0 bridgehead atoms. The molecule has 0 aliphatic heterocycles. The summed E-state index contributed by atoms with van der Waals surface area (Å²) in [5.74, 6) is -0.0309. The molecule has 3 atom stereocenters. The van der Waals surface area contributed by atoms with Gasteiger partial charge in [0.25, 0.3) is 5.91 Å². The predicted octanol–water partition coefficient (Wildman–Crippen LogP) is 3.01. The number of fused-ring (bicyclic) bond motifs is 2.